The fourth-order valence-electron chi connectivity index (χ4n) is 3.14. The molecule has 1 aromatic heterocycles. The minimum absolute atomic E-state index is 0.0602. The van der Waals surface area contributed by atoms with Gasteiger partial charge in [-0.3, -0.25) is 0 Å². The van der Waals surface area contributed by atoms with Gasteiger partial charge in [0, 0.05) is 5.69 Å². The van der Waals surface area contributed by atoms with Gasteiger partial charge in [0.25, 0.3) is 0 Å². The van der Waals surface area contributed by atoms with E-state index in [-0.39, 0.29) is 5.41 Å². The topological polar surface area (TPSA) is 63.8 Å². The second-order valence-electron chi connectivity index (χ2n) is 7.57. The van der Waals surface area contributed by atoms with Gasteiger partial charge >= 0.3 is 0 Å². The molecular weight excluding hydrogens is 320 g/mol. The Labute approximate surface area is 153 Å². The molecule has 0 amide bonds. The largest absolute Gasteiger partial charge is 0.397 e. The summed E-state index contributed by atoms with van der Waals surface area (Å²) in [7, 11) is 0. The van der Waals surface area contributed by atoms with E-state index >= 15 is 0 Å². The second kappa shape index (κ2) is 5.99. The van der Waals surface area contributed by atoms with E-state index in [1.165, 1.54) is 0 Å². The summed E-state index contributed by atoms with van der Waals surface area (Å²) in [6, 6.07) is 19.9. The quantitative estimate of drug-likeness (QED) is 0.378. The van der Waals surface area contributed by atoms with Crippen LogP contribution in [0.2, 0.25) is 0 Å². The number of para-hydroxylation sites is 4. The molecule has 3 N–H and O–H groups in total. The highest BCUT2D eigenvalue weighted by Gasteiger charge is 2.20. The van der Waals surface area contributed by atoms with Crippen LogP contribution in [0.1, 0.15) is 26.3 Å². The Morgan fingerprint density at radius 2 is 1.46 bits per heavy atom. The van der Waals surface area contributed by atoms with Crippen molar-refractivity contribution in [3.05, 3.63) is 66.2 Å². The van der Waals surface area contributed by atoms with Crippen LogP contribution in [0, 0.1) is 0 Å². The maximum Gasteiger partial charge on any atom is 0.0933 e. The van der Waals surface area contributed by atoms with Crippen LogP contribution in [0.25, 0.3) is 22.1 Å². The van der Waals surface area contributed by atoms with E-state index < -0.39 is 0 Å². The van der Waals surface area contributed by atoms with E-state index in [0.29, 0.717) is 0 Å². The zero-order chi connectivity index (χ0) is 18.3. The Balaban J connectivity index is 1.94. The first-order valence-electron chi connectivity index (χ1n) is 8.74. The number of rotatable bonds is 2. The van der Waals surface area contributed by atoms with Gasteiger partial charge in [0.2, 0.25) is 0 Å². The molecule has 0 atom stereocenters. The monoisotopic (exact) mass is 342 g/mol. The molecule has 4 aromatic rings. The molecule has 0 spiro atoms. The molecule has 26 heavy (non-hydrogen) atoms. The molecule has 0 saturated heterocycles. The molecule has 0 aliphatic rings. The predicted molar refractivity (Wildman–Crippen MR) is 110 cm³/mol. The van der Waals surface area contributed by atoms with Crippen LogP contribution in [0.5, 0.6) is 0 Å². The van der Waals surface area contributed by atoms with Crippen molar-refractivity contribution in [2.24, 2.45) is 0 Å². The van der Waals surface area contributed by atoms with Crippen LogP contribution in [0.3, 0.4) is 0 Å². The van der Waals surface area contributed by atoms with Crippen molar-refractivity contribution in [2.75, 3.05) is 11.1 Å². The molecule has 0 aliphatic heterocycles. The van der Waals surface area contributed by atoms with Crippen LogP contribution in [-0.4, -0.2) is 9.97 Å². The van der Waals surface area contributed by atoms with E-state index in [0.717, 1.165) is 44.7 Å². The van der Waals surface area contributed by atoms with E-state index in [2.05, 4.69) is 32.2 Å². The lowest BCUT2D eigenvalue weighted by Crippen LogP contribution is -2.13. The van der Waals surface area contributed by atoms with Crippen molar-refractivity contribution < 1.29 is 0 Å². The smallest absolute Gasteiger partial charge is 0.0933 e. The average Bonchev–Trinajstić information content (AvgIpc) is 2.60. The number of aromatic nitrogens is 2. The van der Waals surface area contributed by atoms with E-state index in [1.807, 2.05) is 54.6 Å². The Hall–Kier alpha value is -3.14. The average molecular weight is 342 g/mol. The van der Waals surface area contributed by atoms with Crippen LogP contribution in [0.4, 0.5) is 17.1 Å². The summed E-state index contributed by atoms with van der Waals surface area (Å²) in [5.74, 6) is 0. The Morgan fingerprint density at radius 3 is 2.15 bits per heavy atom. The summed E-state index contributed by atoms with van der Waals surface area (Å²) < 4.78 is 0. The van der Waals surface area contributed by atoms with Crippen LogP contribution >= 0.6 is 0 Å². The number of anilines is 3. The summed E-state index contributed by atoms with van der Waals surface area (Å²) in [6.07, 6.45) is 0. The number of fused-ring (bicyclic) bond motifs is 2. The molecule has 130 valence electrons. The van der Waals surface area contributed by atoms with Crippen molar-refractivity contribution in [3.63, 3.8) is 0 Å². The number of nitrogens with one attached hydrogen (secondary N) is 1. The van der Waals surface area contributed by atoms with Crippen molar-refractivity contribution in [3.8, 4) is 0 Å². The van der Waals surface area contributed by atoms with Gasteiger partial charge in [-0.15, -0.1) is 0 Å². The SMILES string of the molecule is CC(C)(C)c1cc(Nc2ccccc2N)cc2nc3ccccc3nc12. The zero-order valence-corrected chi connectivity index (χ0v) is 15.2. The first-order chi connectivity index (χ1) is 12.4. The molecule has 0 fully saturated rings. The lowest BCUT2D eigenvalue weighted by molar-refractivity contribution is 0.595. The van der Waals surface area contributed by atoms with Crippen LogP contribution in [-0.2, 0) is 5.41 Å². The molecule has 4 rings (SSSR count). The van der Waals surface area contributed by atoms with Gasteiger partial charge < -0.3 is 11.1 Å². The second-order valence-corrected chi connectivity index (χ2v) is 7.57. The molecule has 3 aromatic carbocycles. The lowest BCUT2D eigenvalue weighted by atomic mass is 9.85. The van der Waals surface area contributed by atoms with Gasteiger partial charge in [0.1, 0.15) is 0 Å². The Bertz CT molecular complexity index is 1110. The van der Waals surface area contributed by atoms with Gasteiger partial charge in [-0.2, -0.15) is 0 Å². The summed E-state index contributed by atoms with van der Waals surface area (Å²) >= 11 is 0. The first-order valence-corrected chi connectivity index (χ1v) is 8.74. The molecule has 0 radical (unpaired) electrons. The molecule has 4 nitrogen and oxygen atoms in total. The minimum Gasteiger partial charge on any atom is -0.397 e. The van der Waals surface area contributed by atoms with Crippen molar-refractivity contribution in [1.82, 2.24) is 9.97 Å². The molecular formula is C22H22N4. The van der Waals surface area contributed by atoms with Gasteiger partial charge in [0.05, 0.1) is 33.4 Å². The summed E-state index contributed by atoms with van der Waals surface area (Å²) in [5.41, 5.74) is 13.4. The molecule has 0 aliphatic carbocycles. The van der Waals surface area contributed by atoms with E-state index in [9.17, 15) is 0 Å². The highest BCUT2D eigenvalue weighted by atomic mass is 14.9. The van der Waals surface area contributed by atoms with Crippen molar-refractivity contribution in [1.29, 1.82) is 0 Å². The number of nitrogens with zero attached hydrogens (tertiary/aromatic N) is 2. The standard InChI is InChI=1S/C22H22N4/c1-22(2,3)15-12-14(24-17-9-5-4-8-16(17)23)13-20-21(15)26-19-11-7-6-10-18(19)25-20/h4-13,24H,23H2,1-3H3. The number of benzene rings is 3. The van der Waals surface area contributed by atoms with E-state index in [1.54, 1.807) is 0 Å². The van der Waals surface area contributed by atoms with Gasteiger partial charge in [-0.05, 0) is 47.4 Å². The summed E-state index contributed by atoms with van der Waals surface area (Å²) in [4.78, 5) is 9.74. The maximum atomic E-state index is 6.09. The molecule has 1 heterocycles. The number of hydrogen-bond donors (Lipinski definition) is 2. The van der Waals surface area contributed by atoms with Crippen LogP contribution in [0.15, 0.2) is 60.7 Å². The summed E-state index contributed by atoms with van der Waals surface area (Å²) in [6.45, 7) is 6.58. The lowest BCUT2D eigenvalue weighted by Gasteiger charge is -2.22. The third kappa shape index (κ3) is 2.94. The number of nitrogens with two attached hydrogens (primary N) is 1. The summed E-state index contributed by atoms with van der Waals surface area (Å²) in [5, 5.41) is 3.43. The minimum atomic E-state index is -0.0602. The van der Waals surface area contributed by atoms with Crippen LogP contribution < -0.4 is 11.1 Å². The van der Waals surface area contributed by atoms with Gasteiger partial charge in [-0.1, -0.05) is 45.0 Å². The Kier molecular flexibility index (Phi) is 3.76. The number of nitrogen functional groups attached to an aromatic ring is 1. The zero-order valence-electron chi connectivity index (χ0n) is 15.2. The Morgan fingerprint density at radius 1 is 0.808 bits per heavy atom. The highest BCUT2D eigenvalue weighted by molar-refractivity contribution is 5.91. The molecule has 0 unspecified atom stereocenters. The van der Waals surface area contributed by atoms with Crippen molar-refractivity contribution >= 4 is 39.1 Å². The normalized spacial score (nSPS) is 11.8. The van der Waals surface area contributed by atoms with Gasteiger partial charge in [0.15, 0.2) is 0 Å². The maximum absolute atomic E-state index is 6.09. The van der Waals surface area contributed by atoms with E-state index in [4.69, 9.17) is 15.7 Å². The molecule has 0 bridgehead atoms. The first kappa shape index (κ1) is 16.3. The highest BCUT2D eigenvalue weighted by Crippen LogP contribution is 2.34. The molecule has 4 heteroatoms. The van der Waals surface area contributed by atoms with Gasteiger partial charge in [-0.25, -0.2) is 9.97 Å². The fourth-order valence-corrected chi connectivity index (χ4v) is 3.14. The number of hydrogen-bond acceptors (Lipinski definition) is 4. The third-order valence-corrected chi connectivity index (χ3v) is 4.49. The predicted octanol–water partition coefficient (Wildman–Crippen LogP) is 5.41. The molecule has 0 saturated carbocycles. The third-order valence-electron chi connectivity index (χ3n) is 4.49. The fraction of sp³-hybridized carbons (Fsp3) is 0.182. The van der Waals surface area contributed by atoms with Crippen molar-refractivity contribution in [2.45, 2.75) is 26.2 Å².